The number of anilines is 2. The summed E-state index contributed by atoms with van der Waals surface area (Å²) < 4.78 is 21.4. The first-order valence-electron chi connectivity index (χ1n) is 12.7. The third kappa shape index (κ3) is 4.19. The van der Waals surface area contributed by atoms with E-state index < -0.39 is 0 Å². The van der Waals surface area contributed by atoms with Crippen molar-refractivity contribution < 1.29 is 9.13 Å². The summed E-state index contributed by atoms with van der Waals surface area (Å²) in [6, 6.07) is 11.0. The Morgan fingerprint density at radius 2 is 2.08 bits per heavy atom. The van der Waals surface area contributed by atoms with E-state index in [9.17, 15) is 4.39 Å². The number of morpholine rings is 1. The number of aromatic nitrogens is 5. The first-order chi connectivity index (χ1) is 18.1. The molecule has 2 fully saturated rings. The number of hydrogen-bond acceptors (Lipinski definition) is 6. The predicted molar refractivity (Wildman–Crippen MR) is 140 cm³/mol. The van der Waals surface area contributed by atoms with E-state index in [0.29, 0.717) is 19.8 Å². The van der Waals surface area contributed by atoms with Crippen LogP contribution in [0.4, 0.5) is 15.9 Å². The number of nitrogens with zero attached hydrogens (tertiary/aromatic N) is 7. The van der Waals surface area contributed by atoms with E-state index in [1.807, 2.05) is 18.3 Å². The maximum absolute atomic E-state index is 13.9. The van der Waals surface area contributed by atoms with Crippen LogP contribution in [0.3, 0.4) is 0 Å². The summed E-state index contributed by atoms with van der Waals surface area (Å²) >= 11 is 0. The van der Waals surface area contributed by atoms with Crippen molar-refractivity contribution in [3.63, 3.8) is 0 Å². The first kappa shape index (κ1) is 23.4. The standard InChI is InChI=1S/C27H29FN8O/c1-19-17-37-13-12-35(19)25-15-23(22-16-31-36(26(22)32-25)24-6-9-30-33-24)27(18-29-2)7-10-34(11-8-27)21-5-3-4-20(28)14-21/h3-6,9,14-16,19H,7-8,10-13,17-18H2,1H3,(H,30,33)/t19-/m1/s1. The molecule has 190 valence electrons. The van der Waals surface area contributed by atoms with Crippen molar-refractivity contribution >= 4 is 22.5 Å². The highest BCUT2D eigenvalue weighted by atomic mass is 19.1. The molecule has 0 spiro atoms. The van der Waals surface area contributed by atoms with Crippen LogP contribution in [-0.2, 0) is 10.2 Å². The van der Waals surface area contributed by atoms with Gasteiger partial charge in [0.15, 0.2) is 11.5 Å². The molecule has 9 nitrogen and oxygen atoms in total. The highest BCUT2D eigenvalue weighted by molar-refractivity contribution is 5.84. The van der Waals surface area contributed by atoms with Crippen LogP contribution in [0.25, 0.3) is 21.7 Å². The molecule has 4 aromatic rings. The Kier molecular flexibility index (Phi) is 6.00. The van der Waals surface area contributed by atoms with Gasteiger partial charge >= 0.3 is 0 Å². The molecule has 0 bridgehead atoms. The van der Waals surface area contributed by atoms with Crippen molar-refractivity contribution in [1.29, 1.82) is 0 Å². The molecule has 2 saturated heterocycles. The second kappa shape index (κ2) is 9.48. The predicted octanol–water partition coefficient (Wildman–Crippen LogP) is 3.97. The van der Waals surface area contributed by atoms with Crippen LogP contribution in [0, 0.1) is 12.4 Å². The highest BCUT2D eigenvalue weighted by Crippen LogP contribution is 2.42. The smallest absolute Gasteiger partial charge is 0.224 e. The summed E-state index contributed by atoms with van der Waals surface area (Å²) in [5.74, 6) is 1.37. The minimum Gasteiger partial charge on any atom is -0.377 e. The molecule has 37 heavy (non-hydrogen) atoms. The fourth-order valence-electron chi connectivity index (χ4n) is 5.71. The number of ether oxygens (including phenoxy) is 1. The summed E-state index contributed by atoms with van der Waals surface area (Å²) in [5.41, 5.74) is 2.36. The number of halogens is 1. The van der Waals surface area contributed by atoms with Crippen molar-refractivity contribution in [2.24, 2.45) is 0 Å². The summed E-state index contributed by atoms with van der Waals surface area (Å²) in [7, 11) is 0. The van der Waals surface area contributed by atoms with Crippen LogP contribution >= 0.6 is 0 Å². The van der Waals surface area contributed by atoms with E-state index >= 15 is 0 Å². The van der Waals surface area contributed by atoms with E-state index in [1.54, 1.807) is 23.0 Å². The highest BCUT2D eigenvalue weighted by Gasteiger charge is 2.42. The topological polar surface area (TPSA) is 79.5 Å². The van der Waals surface area contributed by atoms with E-state index in [4.69, 9.17) is 16.3 Å². The number of aromatic amines is 1. The van der Waals surface area contributed by atoms with Crippen molar-refractivity contribution in [2.75, 3.05) is 49.2 Å². The summed E-state index contributed by atoms with van der Waals surface area (Å²) in [5, 5.41) is 12.7. The second-order valence-electron chi connectivity index (χ2n) is 9.94. The van der Waals surface area contributed by atoms with Gasteiger partial charge in [-0.15, -0.1) is 0 Å². The van der Waals surface area contributed by atoms with Gasteiger partial charge in [-0.3, -0.25) is 5.10 Å². The van der Waals surface area contributed by atoms with Gasteiger partial charge in [-0.05, 0) is 49.6 Å². The number of fused-ring (bicyclic) bond motifs is 1. The van der Waals surface area contributed by atoms with E-state index in [-0.39, 0.29) is 17.3 Å². The lowest BCUT2D eigenvalue weighted by atomic mass is 9.72. The van der Waals surface area contributed by atoms with Crippen molar-refractivity contribution in [3.8, 4) is 5.82 Å². The van der Waals surface area contributed by atoms with Gasteiger partial charge in [-0.1, -0.05) is 6.07 Å². The average molecular weight is 501 g/mol. The Labute approximate surface area is 214 Å². The Bertz CT molecular complexity index is 1430. The minimum absolute atomic E-state index is 0.182. The van der Waals surface area contributed by atoms with Crippen LogP contribution < -0.4 is 9.80 Å². The maximum atomic E-state index is 13.9. The number of benzene rings is 1. The molecule has 3 aromatic heterocycles. The number of rotatable bonds is 5. The second-order valence-corrected chi connectivity index (χ2v) is 9.94. The van der Waals surface area contributed by atoms with Gasteiger partial charge in [-0.2, -0.15) is 14.9 Å². The normalized spacial score (nSPS) is 19.8. The lowest BCUT2D eigenvalue weighted by Crippen LogP contribution is -2.46. The molecule has 6 rings (SSSR count). The van der Waals surface area contributed by atoms with Gasteiger partial charge in [0.1, 0.15) is 11.6 Å². The molecule has 2 aliphatic rings. The molecule has 0 aliphatic carbocycles. The number of nitrogens with one attached hydrogen (secondary N) is 1. The van der Waals surface area contributed by atoms with Gasteiger partial charge in [0.05, 0.1) is 37.1 Å². The average Bonchev–Trinajstić information content (AvgIpc) is 3.59. The molecule has 1 N–H and O–H groups in total. The van der Waals surface area contributed by atoms with Gasteiger partial charge in [0, 0.05) is 36.8 Å². The minimum atomic E-state index is -0.362. The third-order valence-electron chi connectivity index (χ3n) is 7.75. The molecule has 2 aliphatic heterocycles. The maximum Gasteiger partial charge on any atom is 0.224 e. The number of H-pyrrole nitrogens is 1. The summed E-state index contributed by atoms with van der Waals surface area (Å²) in [6.07, 6.45) is 5.10. The molecule has 0 amide bonds. The molecule has 0 saturated carbocycles. The zero-order valence-electron chi connectivity index (χ0n) is 20.8. The largest absolute Gasteiger partial charge is 0.377 e. The quantitative estimate of drug-likeness (QED) is 0.418. The van der Waals surface area contributed by atoms with E-state index in [0.717, 1.165) is 66.4 Å². The van der Waals surface area contributed by atoms with Crippen molar-refractivity contribution in [2.45, 2.75) is 31.2 Å². The monoisotopic (exact) mass is 500 g/mol. The lowest BCUT2D eigenvalue weighted by Gasteiger charge is -2.41. The van der Waals surface area contributed by atoms with Crippen LogP contribution in [0.5, 0.6) is 0 Å². The summed E-state index contributed by atoms with van der Waals surface area (Å²) in [6.45, 7) is 13.9. The Morgan fingerprint density at radius 3 is 2.81 bits per heavy atom. The van der Waals surface area contributed by atoms with E-state index in [1.165, 1.54) is 6.07 Å². The molecule has 10 heteroatoms. The SMILES string of the molecule is [C-]#[N+]CC1(c2cc(N3CCOC[C@H]3C)nc3c2cnn3-c2ccn[nH]2)CCN(c2cccc(F)c2)CC1. The molecule has 0 unspecified atom stereocenters. The zero-order valence-corrected chi connectivity index (χ0v) is 20.8. The Hall–Kier alpha value is -3.97. The number of pyridine rings is 1. The molecule has 1 aromatic carbocycles. The number of piperidine rings is 1. The van der Waals surface area contributed by atoms with Gasteiger partial charge in [-0.25, -0.2) is 15.9 Å². The van der Waals surface area contributed by atoms with Crippen molar-refractivity contribution in [3.05, 3.63) is 71.6 Å². The molecular formula is C27H29FN8O. The Balaban J connectivity index is 1.45. The van der Waals surface area contributed by atoms with Crippen LogP contribution in [0.15, 0.2) is 48.8 Å². The first-order valence-corrected chi connectivity index (χ1v) is 12.7. The molecule has 5 heterocycles. The van der Waals surface area contributed by atoms with Gasteiger partial charge in [0.25, 0.3) is 0 Å². The van der Waals surface area contributed by atoms with Crippen LogP contribution in [0.1, 0.15) is 25.3 Å². The van der Waals surface area contributed by atoms with Gasteiger partial charge < -0.3 is 19.4 Å². The van der Waals surface area contributed by atoms with Gasteiger partial charge in [0.2, 0.25) is 6.54 Å². The fourth-order valence-corrected chi connectivity index (χ4v) is 5.71. The molecular weight excluding hydrogens is 471 g/mol. The zero-order chi connectivity index (χ0) is 25.4. The molecule has 0 radical (unpaired) electrons. The van der Waals surface area contributed by atoms with E-state index in [2.05, 4.69) is 42.9 Å². The fraction of sp³-hybridized carbons (Fsp3) is 0.407. The summed E-state index contributed by atoms with van der Waals surface area (Å²) in [4.78, 5) is 13.5. The lowest BCUT2D eigenvalue weighted by molar-refractivity contribution is 0.0985. The molecule has 1 atom stereocenters. The Morgan fingerprint density at radius 1 is 1.22 bits per heavy atom. The van der Waals surface area contributed by atoms with Crippen molar-refractivity contribution in [1.82, 2.24) is 25.0 Å². The number of hydrogen-bond donors (Lipinski definition) is 1. The van der Waals surface area contributed by atoms with Crippen LogP contribution in [-0.4, -0.2) is 70.4 Å². The van der Waals surface area contributed by atoms with Crippen LogP contribution in [0.2, 0.25) is 0 Å². The third-order valence-corrected chi connectivity index (χ3v) is 7.75.